The van der Waals surface area contributed by atoms with Crippen molar-refractivity contribution in [1.29, 1.82) is 0 Å². The van der Waals surface area contributed by atoms with Gasteiger partial charge in [0.1, 0.15) is 11.6 Å². The van der Waals surface area contributed by atoms with Gasteiger partial charge in [-0.25, -0.2) is 4.98 Å². The molecule has 5 rings (SSSR count). The second-order valence-electron chi connectivity index (χ2n) is 10.2. The van der Waals surface area contributed by atoms with Crippen LogP contribution in [0.2, 0.25) is 0 Å². The van der Waals surface area contributed by atoms with Crippen LogP contribution in [0.5, 0.6) is 11.5 Å². The highest BCUT2D eigenvalue weighted by Crippen LogP contribution is 2.34. The number of H-pyrrole nitrogens is 1. The normalized spacial score (nSPS) is 18.2. The van der Waals surface area contributed by atoms with Crippen molar-refractivity contribution in [3.05, 3.63) is 48.3 Å². The van der Waals surface area contributed by atoms with E-state index in [2.05, 4.69) is 37.6 Å². The van der Waals surface area contributed by atoms with Crippen LogP contribution in [0.3, 0.4) is 0 Å². The molecule has 0 spiro atoms. The number of ether oxygens (including phenoxy) is 3. The number of carbonyl (C=O) groups excluding carboxylic acids is 1. The van der Waals surface area contributed by atoms with Crippen LogP contribution < -0.4 is 14.8 Å². The topological polar surface area (TPSA) is 123 Å². The minimum absolute atomic E-state index is 0.0752. The first kappa shape index (κ1) is 23.8. The summed E-state index contributed by atoms with van der Waals surface area (Å²) in [6.07, 6.45) is 2.48. The molecular weight excluding hydrogens is 460 g/mol. The summed E-state index contributed by atoms with van der Waals surface area (Å²) in [4.78, 5) is 20.0. The number of rotatable bonds is 8. The molecule has 3 heterocycles. The van der Waals surface area contributed by atoms with Crippen molar-refractivity contribution in [1.82, 2.24) is 9.97 Å². The number of anilines is 1. The molecule has 2 aliphatic heterocycles. The van der Waals surface area contributed by atoms with Crippen LogP contribution in [0.1, 0.15) is 39.7 Å². The number of esters is 1. The van der Waals surface area contributed by atoms with E-state index in [1.165, 1.54) is 0 Å². The van der Waals surface area contributed by atoms with E-state index >= 15 is 0 Å². The third kappa shape index (κ3) is 5.32. The fraction of sp³-hybridized carbons (Fsp3) is 0.423. The predicted octanol–water partition coefficient (Wildman–Crippen LogP) is 4.87. The minimum atomic E-state index is -0.575. The maximum Gasteiger partial charge on any atom is 0.308 e. The van der Waals surface area contributed by atoms with Gasteiger partial charge in [0.2, 0.25) is 6.79 Å². The molecule has 36 heavy (non-hydrogen) atoms. The highest BCUT2D eigenvalue weighted by Gasteiger charge is 2.35. The van der Waals surface area contributed by atoms with Gasteiger partial charge in [-0.1, -0.05) is 13.0 Å². The van der Waals surface area contributed by atoms with Crippen molar-refractivity contribution in [2.24, 2.45) is 21.4 Å². The van der Waals surface area contributed by atoms with Gasteiger partial charge in [0, 0.05) is 5.69 Å². The number of carbonyl (C=O) groups is 1. The number of imidazole rings is 1. The van der Waals surface area contributed by atoms with E-state index in [1.54, 1.807) is 6.33 Å². The number of aromatic amines is 1. The number of nitrogens with zero attached hydrogens (tertiary/aromatic N) is 4. The molecule has 0 radical (unpaired) electrons. The summed E-state index contributed by atoms with van der Waals surface area (Å²) in [5.41, 5.74) is 3.96. The van der Waals surface area contributed by atoms with Gasteiger partial charge in [-0.3, -0.25) is 4.79 Å². The maximum atomic E-state index is 12.6. The van der Waals surface area contributed by atoms with Crippen molar-refractivity contribution < 1.29 is 19.0 Å². The lowest BCUT2D eigenvalue weighted by Crippen LogP contribution is -2.42. The molecule has 0 aliphatic carbocycles. The number of fused-ring (bicyclic) bond motifs is 2. The molecule has 0 saturated heterocycles. The van der Waals surface area contributed by atoms with Gasteiger partial charge in [0.25, 0.3) is 0 Å². The molecule has 0 saturated carbocycles. The number of benzene rings is 2. The van der Waals surface area contributed by atoms with Crippen LogP contribution in [0, 0.1) is 5.92 Å². The Morgan fingerprint density at radius 2 is 2.03 bits per heavy atom. The Labute approximate surface area is 209 Å². The highest BCUT2D eigenvalue weighted by molar-refractivity contribution is 5.99. The molecule has 0 fully saturated rings. The van der Waals surface area contributed by atoms with Crippen LogP contribution in [-0.2, 0) is 16.0 Å². The first-order valence-corrected chi connectivity index (χ1v) is 12.0. The molecule has 2 N–H and O–H groups in total. The van der Waals surface area contributed by atoms with E-state index in [-0.39, 0.29) is 31.1 Å². The van der Waals surface area contributed by atoms with E-state index in [0.29, 0.717) is 5.71 Å². The zero-order chi connectivity index (χ0) is 25.3. The molecule has 10 heteroatoms. The SMILES string of the molecule is CC(Cc1ccc2c(c1)OCO2)C(Nc1ccc2nc[nH]c2c1)C1=NN=NC1CC(=O)OC(C)(C)C. The maximum absolute atomic E-state index is 12.6. The second kappa shape index (κ2) is 9.60. The largest absolute Gasteiger partial charge is 0.460 e. The Hall–Kier alpha value is -3.95. The summed E-state index contributed by atoms with van der Waals surface area (Å²) in [7, 11) is 0. The van der Waals surface area contributed by atoms with Gasteiger partial charge in [0.15, 0.2) is 11.5 Å². The number of hydrogen-bond acceptors (Lipinski definition) is 9. The van der Waals surface area contributed by atoms with Crippen molar-refractivity contribution in [2.75, 3.05) is 12.1 Å². The van der Waals surface area contributed by atoms with Crippen molar-refractivity contribution in [3.63, 3.8) is 0 Å². The lowest BCUT2D eigenvalue weighted by atomic mass is 9.87. The molecule has 188 valence electrons. The zero-order valence-corrected chi connectivity index (χ0v) is 20.8. The van der Waals surface area contributed by atoms with E-state index in [4.69, 9.17) is 14.2 Å². The van der Waals surface area contributed by atoms with Crippen LogP contribution in [0.15, 0.2) is 58.2 Å². The monoisotopic (exact) mass is 490 g/mol. The Bertz CT molecular complexity index is 1330. The first-order chi connectivity index (χ1) is 17.2. The van der Waals surface area contributed by atoms with E-state index in [9.17, 15) is 4.79 Å². The van der Waals surface area contributed by atoms with Crippen molar-refractivity contribution in [2.45, 2.75) is 58.2 Å². The van der Waals surface area contributed by atoms with Crippen LogP contribution in [0.4, 0.5) is 5.69 Å². The molecule has 3 unspecified atom stereocenters. The first-order valence-electron chi connectivity index (χ1n) is 12.0. The quantitative estimate of drug-likeness (QED) is 0.434. The van der Waals surface area contributed by atoms with Crippen molar-refractivity contribution in [3.8, 4) is 11.5 Å². The number of hydrogen-bond donors (Lipinski definition) is 2. The molecule has 3 atom stereocenters. The average molecular weight is 491 g/mol. The van der Waals surface area contributed by atoms with Crippen LogP contribution >= 0.6 is 0 Å². The molecule has 3 aromatic rings. The van der Waals surface area contributed by atoms with Gasteiger partial charge < -0.3 is 24.5 Å². The third-order valence-corrected chi connectivity index (χ3v) is 6.10. The lowest BCUT2D eigenvalue weighted by molar-refractivity contribution is -0.154. The molecular formula is C26H30N6O4. The Kier molecular flexibility index (Phi) is 6.34. The fourth-order valence-electron chi connectivity index (χ4n) is 4.49. The molecule has 2 aromatic carbocycles. The van der Waals surface area contributed by atoms with Gasteiger partial charge in [-0.2, -0.15) is 5.11 Å². The molecule has 10 nitrogen and oxygen atoms in total. The summed E-state index contributed by atoms with van der Waals surface area (Å²) >= 11 is 0. The average Bonchev–Trinajstić information content (AvgIpc) is 3.56. The number of aromatic nitrogens is 2. The standard InChI is InChI=1S/C26H30N6O4/c1-15(9-16-5-8-21-22(10-16)35-14-34-21)24(29-17-6-7-18-19(11-17)28-13-27-18)25-20(30-32-31-25)12-23(33)36-26(2,3)4/h5-8,10-11,13,15,20,24,29H,9,12,14H2,1-4H3,(H,27,28). The Morgan fingerprint density at radius 3 is 2.86 bits per heavy atom. The number of nitrogens with one attached hydrogen (secondary N) is 2. The van der Waals surface area contributed by atoms with Gasteiger partial charge >= 0.3 is 5.97 Å². The van der Waals surface area contributed by atoms with E-state index in [1.807, 2.05) is 57.2 Å². The molecule has 0 amide bonds. The summed E-state index contributed by atoms with van der Waals surface area (Å²) in [6, 6.07) is 11.2. The van der Waals surface area contributed by atoms with E-state index < -0.39 is 11.6 Å². The summed E-state index contributed by atoms with van der Waals surface area (Å²) < 4.78 is 16.5. The minimum Gasteiger partial charge on any atom is -0.460 e. The van der Waals surface area contributed by atoms with Crippen LogP contribution in [0.25, 0.3) is 11.0 Å². The van der Waals surface area contributed by atoms with Gasteiger partial charge in [-0.15, -0.1) is 5.10 Å². The summed E-state index contributed by atoms with van der Waals surface area (Å²) in [6.45, 7) is 7.92. The smallest absolute Gasteiger partial charge is 0.308 e. The molecule has 0 bridgehead atoms. The lowest BCUT2D eigenvalue weighted by Gasteiger charge is -2.28. The molecule has 2 aliphatic rings. The summed E-state index contributed by atoms with van der Waals surface area (Å²) in [5.74, 6) is 1.25. The molecule has 1 aromatic heterocycles. The highest BCUT2D eigenvalue weighted by atomic mass is 16.7. The zero-order valence-electron chi connectivity index (χ0n) is 20.8. The second-order valence-corrected chi connectivity index (χ2v) is 10.2. The van der Waals surface area contributed by atoms with Gasteiger partial charge in [0.05, 0.1) is 35.5 Å². The van der Waals surface area contributed by atoms with E-state index in [0.717, 1.165) is 40.2 Å². The third-order valence-electron chi connectivity index (χ3n) is 6.10. The van der Waals surface area contributed by atoms with Gasteiger partial charge in [-0.05, 0) is 74.2 Å². The van der Waals surface area contributed by atoms with Crippen LogP contribution in [-0.4, -0.2) is 46.1 Å². The van der Waals surface area contributed by atoms with Crippen molar-refractivity contribution >= 4 is 28.4 Å². The Morgan fingerprint density at radius 1 is 1.19 bits per heavy atom. The predicted molar refractivity (Wildman–Crippen MR) is 135 cm³/mol. The fourth-order valence-corrected chi connectivity index (χ4v) is 4.49. The Balaban J connectivity index is 1.39. The summed E-state index contributed by atoms with van der Waals surface area (Å²) in [5, 5.41) is 16.2.